The molecule has 0 saturated carbocycles. The molecule has 0 saturated heterocycles. The molecule has 9 heteroatoms. The number of aryl methyl sites for hydroxylation is 1. The average molecular weight is 498 g/mol. The number of hydrogen-bond donors (Lipinski definition) is 3. The lowest BCUT2D eigenvalue weighted by Gasteiger charge is -2.25. The molecule has 192 valence electrons. The van der Waals surface area contributed by atoms with E-state index in [1.165, 1.54) is 24.3 Å². The van der Waals surface area contributed by atoms with Gasteiger partial charge in [0.2, 0.25) is 5.88 Å². The third-order valence-electron chi connectivity index (χ3n) is 6.08. The van der Waals surface area contributed by atoms with Crippen LogP contribution in [0.15, 0.2) is 48.5 Å². The second-order valence-electron chi connectivity index (χ2n) is 9.84. The first-order valence-electron chi connectivity index (χ1n) is 11.6. The lowest BCUT2D eigenvalue weighted by atomic mass is 9.90. The Bertz CT molecular complexity index is 1250. The highest BCUT2D eigenvalue weighted by molar-refractivity contribution is 5.93. The Labute approximate surface area is 209 Å². The smallest absolute Gasteiger partial charge is 0.305 e. The summed E-state index contributed by atoms with van der Waals surface area (Å²) in [6, 6.07) is 11.9. The molecule has 3 rings (SSSR count). The van der Waals surface area contributed by atoms with E-state index < -0.39 is 35.3 Å². The van der Waals surface area contributed by atoms with E-state index in [0.717, 1.165) is 15.8 Å². The van der Waals surface area contributed by atoms with Crippen LogP contribution in [-0.4, -0.2) is 44.6 Å². The van der Waals surface area contributed by atoms with Crippen molar-refractivity contribution in [2.45, 2.75) is 53.2 Å². The van der Waals surface area contributed by atoms with E-state index >= 15 is 0 Å². The first kappa shape index (κ1) is 26.9. The Kier molecular flexibility index (Phi) is 8.14. The van der Waals surface area contributed by atoms with Crippen LogP contribution in [-0.2, 0) is 4.79 Å². The molecule has 3 N–H and O–H groups in total. The Morgan fingerprint density at radius 1 is 1.14 bits per heavy atom. The van der Waals surface area contributed by atoms with Crippen molar-refractivity contribution in [3.63, 3.8) is 0 Å². The van der Waals surface area contributed by atoms with Gasteiger partial charge in [-0.15, -0.1) is 0 Å². The Balaban J connectivity index is 1.96. The van der Waals surface area contributed by atoms with Gasteiger partial charge >= 0.3 is 5.97 Å². The number of aliphatic hydroxyl groups excluding tert-OH is 1. The molecule has 2 atom stereocenters. The highest BCUT2D eigenvalue weighted by atomic mass is 19.1. The van der Waals surface area contributed by atoms with Crippen LogP contribution in [0.25, 0.3) is 5.69 Å². The maximum absolute atomic E-state index is 14.6. The van der Waals surface area contributed by atoms with Gasteiger partial charge in [-0.25, -0.2) is 4.39 Å². The van der Waals surface area contributed by atoms with Gasteiger partial charge in [-0.3, -0.25) is 9.59 Å². The number of amides is 1. The summed E-state index contributed by atoms with van der Waals surface area (Å²) in [5.74, 6) is -2.22. The molecule has 2 aromatic carbocycles. The van der Waals surface area contributed by atoms with E-state index in [-0.39, 0.29) is 30.3 Å². The van der Waals surface area contributed by atoms with Gasteiger partial charge in [0.25, 0.3) is 5.91 Å². The average Bonchev–Trinajstić information content (AvgIpc) is 3.22. The van der Waals surface area contributed by atoms with Crippen LogP contribution >= 0.6 is 0 Å². The molecular weight excluding hydrogens is 465 g/mol. The number of ether oxygens (including phenoxy) is 1. The van der Waals surface area contributed by atoms with Crippen LogP contribution in [0.5, 0.6) is 5.88 Å². The zero-order valence-corrected chi connectivity index (χ0v) is 21.1. The normalized spacial score (nSPS) is 13.2. The summed E-state index contributed by atoms with van der Waals surface area (Å²) in [7, 11) is 0. The molecule has 0 aliphatic heterocycles. The predicted octanol–water partition coefficient (Wildman–Crippen LogP) is 4.36. The van der Waals surface area contributed by atoms with Gasteiger partial charge < -0.3 is 20.3 Å². The van der Waals surface area contributed by atoms with Gasteiger partial charge in [0.15, 0.2) is 5.69 Å². The van der Waals surface area contributed by atoms with Crippen molar-refractivity contribution < 1.29 is 28.9 Å². The monoisotopic (exact) mass is 497 g/mol. The second-order valence-corrected chi connectivity index (χ2v) is 9.84. The molecule has 0 aliphatic carbocycles. The van der Waals surface area contributed by atoms with Crippen LogP contribution in [0.3, 0.4) is 0 Å². The zero-order chi connectivity index (χ0) is 26.6. The predicted molar refractivity (Wildman–Crippen MR) is 133 cm³/mol. The Hall–Kier alpha value is -3.72. The number of halogens is 1. The number of carbonyl (C=O) groups is 2. The summed E-state index contributed by atoms with van der Waals surface area (Å²) in [6.45, 7) is 9.22. The number of aliphatic carboxylic acids is 1. The quantitative estimate of drug-likeness (QED) is 0.405. The molecule has 1 aromatic heterocycles. The van der Waals surface area contributed by atoms with Gasteiger partial charge in [0.1, 0.15) is 18.1 Å². The van der Waals surface area contributed by atoms with Gasteiger partial charge in [-0.1, -0.05) is 51.1 Å². The number of carbonyl (C=O) groups excluding carboxylic acids is 1. The number of nitrogens with zero attached hydrogens (tertiary/aromatic N) is 2. The molecule has 8 nitrogen and oxygen atoms in total. The third-order valence-corrected chi connectivity index (χ3v) is 6.08. The molecule has 1 heterocycles. The SMILES string of the molecule is Cc1cccc([C@H](CC(=O)O)NC(=O)c2cc(OC[C@H](O)C(C)(C)C)n(-c3ccccc3F)n2)c1C. The lowest BCUT2D eigenvalue weighted by Crippen LogP contribution is -2.32. The van der Waals surface area contributed by atoms with Crippen LogP contribution in [0.2, 0.25) is 0 Å². The fourth-order valence-electron chi connectivity index (χ4n) is 3.58. The highest BCUT2D eigenvalue weighted by Crippen LogP contribution is 2.27. The minimum absolute atomic E-state index is 0.0633. The van der Waals surface area contributed by atoms with E-state index in [4.69, 9.17) is 4.74 Å². The summed E-state index contributed by atoms with van der Waals surface area (Å²) in [5, 5.41) is 26.8. The number of benzene rings is 2. The van der Waals surface area contributed by atoms with Crippen molar-refractivity contribution in [1.29, 1.82) is 0 Å². The summed E-state index contributed by atoms with van der Waals surface area (Å²) in [6.07, 6.45) is -1.16. The largest absolute Gasteiger partial charge is 0.481 e. The molecule has 0 bridgehead atoms. The molecule has 0 radical (unpaired) electrons. The standard InChI is InChI=1S/C27H32FN3O5/c1-16-9-8-10-18(17(16)2)20(14-25(33)34)29-26(35)21-13-24(36-15-23(32)27(3,4)5)31(30-21)22-12-7-6-11-19(22)28/h6-13,20,23,32H,14-15H2,1-5H3,(H,29,35)(H,33,34)/t20-,23-/m0/s1. The van der Waals surface area contributed by atoms with Crippen LogP contribution in [0.4, 0.5) is 4.39 Å². The maximum atomic E-state index is 14.6. The van der Waals surface area contributed by atoms with Crippen LogP contribution in [0.1, 0.15) is 60.4 Å². The fourth-order valence-corrected chi connectivity index (χ4v) is 3.58. The minimum atomic E-state index is -1.07. The fraction of sp³-hybridized carbons (Fsp3) is 0.370. The van der Waals surface area contributed by atoms with Crippen molar-refractivity contribution in [2.24, 2.45) is 5.41 Å². The topological polar surface area (TPSA) is 114 Å². The van der Waals surface area contributed by atoms with E-state index in [2.05, 4.69) is 10.4 Å². The summed E-state index contributed by atoms with van der Waals surface area (Å²) >= 11 is 0. The van der Waals surface area contributed by atoms with E-state index in [9.17, 15) is 24.2 Å². The number of aromatic nitrogens is 2. The highest BCUT2D eigenvalue weighted by Gasteiger charge is 2.26. The molecule has 1 amide bonds. The Morgan fingerprint density at radius 2 is 1.83 bits per heavy atom. The zero-order valence-electron chi connectivity index (χ0n) is 21.1. The number of rotatable bonds is 9. The minimum Gasteiger partial charge on any atom is -0.481 e. The van der Waals surface area contributed by atoms with Gasteiger partial charge in [0.05, 0.1) is 18.6 Å². The molecular formula is C27H32FN3O5. The lowest BCUT2D eigenvalue weighted by molar-refractivity contribution is -0.137. The van der Waals surface area contributed by atoms with E-state index in [1.54, 1.807) is 18.2 Å². The second kappa shape index (κ2) is 10.9. The van der Waals surface area contributed by atoms with Crippen molar-refractivity contribution in [2.75, 3.05) is 6.61 Å². The molecule has 0 aliphatic rings. The van der Waals surface area contributed by atoms with E-state index in [1.807, 2.05) is 40.7 Å². The molecule has 3 aromatic rings. The first-order valence-corrected chi connectivity index (χ1v) is 11.6. The number of nitrogens with one attached hydrogen (secondary N) is 1. The van der Waals surface area contributed by atoms with Crippen molar-refractivity contribution in [3.8, 4) is 11.6 Å². The van der Waals surface area contributed by atoms with E-state index in [0.29, 0.717) is 5.56 Å². The van der Waals surface area contributed by atoms with Gasteiger partial charge in [-0.05, 0) is 48.1 Å². The number of hydrogen-bond acceptors (Lipinski definition) is 5. The third kappa shape index (κ3) is 6.28. The molecule has 36 heavy (non-hydrogen) atoms. The van der Waals surface area contributed by atoms with Crippen LogP contribution < -0.4 is 10.1 Å². The summed E-state index contributed by atoms with van der Waals surface area (Å²) < 4.78 is 21.5. The summed E-state index contributed by atoms with van der Waals surface area (Å²) in [5.41, 5.74) is 2.05. The molecule has 0 spiro atoms. The summed E-state index contributed by atoms with van der Waals surface area (Å²) in [4.78, 5) is 24.8. The molecule has 0 fully saturated rings. The number of carboxylic acid groups (broad SMARTS) is 1. The van der Waals surface area contributed by atoms with Crippen LogP contribution in [0, 0.1) is 25.1 Å². The number of para-hydroxylation sites is 1. The molecule has 0 unspecified atom stereocenters. The number of aliphatic hydroxyl groups is 1. The van der Waals surface area contributed by atoms with Gasteiger partial charge in [-0.2, -0.15) is 9.78 Å². The van der Waals surface area contributed by atoms with Gasteiger partial charge in [0, 0.05) is 6.07 Å². The number of carboxylic acids is 1. The maximum Gasteiger partial charge on any atom is 0.305 e. The van der Waals surface area contributed by atoms with Crippen molar-refractivity contribution >= 4 is 11.9 Å². The first-order chi connectivity index (χ1) is 16.9. The van der Waals surface area contributed by atoms with Crippen molar-refractivity contribution in [3.05, 3.63) is 76.7 Å². The van der Waals surface area contributed by atoms with Crippen molar-refractivity contribution in [1.82, 2.24) is 15.1 Å². The Morgan fingerprint density at radius 3 is 2.47 bits per heavy atom.